The molecule has 0 spiro atoms. The summed E-state index contributed by atoms with van der Waals surface area (Å²) in [7, 11) is 0. The zero-order valence-electron chi connectivity index (χ0n) is 10.9. The largest absolute Gasteiger partial charge is 0.348 e. The van der Waals surface area contributed by atoms with Crippen LogP contribution in [-0.2, 0) is 0 Å². The van der Waals surface area contributed by atoms with E-state index in [9.17, 15) is 0 Å². The molecular weight excluding hydrogens is 242 g/mol. The predicted molar refractivity (Wildman–Crippen MR) is 78.5 cm³/mol. The third-order valence-corrected chi connectivity index (χ3v) is 4.99. The van der Waals surface area contributed by atoms with Crippen molar-refractivity contribution in [3.63, 3.8) is 0 Å². The highest BCUT2D eigenvalue weighted by molar-refractivity contribution is 7.22. The first kappa shape index (κ1) is 11.9. The lowest BCUT2D eigenvalue weighted by Gasteiger charge is -2.29. The van der Waals surface area contributed by atoms with Crippen molar-refractivity contribution in [2.75, 3.05) is 18.0 Å². The zero-order valence-corrected chi connectivity index (χ0v) is 11.8. The van der Waals surface area contributed by atoms with Crippen LogP contribution in [0.4, 0.5) is 5.13 Å². The van der Waals surface area contributed by atoms with E-state index in [-0.39, 0.29) is 0 Å². The monoisotopic (exact) mass is 261 g/mol. The number of thiazole rings is 1. The van der Waals surface area contributed by atoms with Gasteiger partial charge in [0.05, 0.1) is 10.2 Å². The van der Waals surface area contributed by atoms with Crippen LogP contribution >= 0.6 is 11.3 Å². The highest BCUT2D eigenvalue weighted by Gasteiger charge is 2.19. The fourth-order valence-corrected chi connectivity index (χ4v) is 3.64. The SMILES string of the molecule is Cc1ccc(C)c2sc(N3CCC(N)CC3)nc12. The molecule has 0 saturated carbocycles. The van der Waals surface area contributed by atoms with E-state index in [4.69, 9.17) is 10.7 Å². The van der Waals surface area contributed by atoms with E-state index in [2.05, 4.69) is 30.9 Å². The summed E-state index contributed by atoms with van der Waals surface area (Å²) >= 11 is 1.82. The van der Waals surface area contributed by atoms with Crippen LogP contribution in [0.5, 0.6) is 0 Å². The molecule has 1 aliphatic rings. The summed E-state index contributed by atoms with van der Waals surface area (Å²) in [5.74, 6) is 0. The highest BCUT2D eigenvalue weighted by Crippen LogP contribution is 2.33. The maximum absolute atomic E-state index is 5.95. The normalized spacial score (nSPS) is 17.6. The minimum absolute atomic E-state index is 0.374. The Morgan fingerprint density at radius 1 is 1.22 bits per heavy atom. The minimum Gasteiger partial charge on any atom is -0.348 e. The second-order valence-corrected chi connectivity index (χ2v) is 6.18. The standard InChI is InChI=1S/C14H19N3S/c1-9-3-4-10(2)13-12(9)16-14(18-13)17-7-5-11(15)6-8-17/h3-4,11H,5-8,15H2,1-2H3. The van der Waals surface area contributed by atoms with Crippen LogP contribution in [0.15, 0.2) is 12.1 Å². The summed E-state index contributed by atoms with van der Waals surface area (Å²) in [5, 5.41) is 1.16. The van der Waals surface area contributed by atoms with Crippen molar-refractivity contribution in [2.24, 2.45) is 5.73 Å². The van der Waals surface area contributed by atoms with Gasteiger partial charge in [-0.2, -0.15) is 0 Å². The minimum atomic E-state index is 0.374. The molecule has 1 fully saturated rings. The lowest BCUT2D eigenvalue weighted by atomic mass is 10.1. The van der Waals surface area contributed by atoms with E-state index in [1.807, 2.05) is 11.3 Å². The lowest BCUT2D eigenvalue weighted by molar-refractivity contribution is 0.501. The summed E-state index contributed by atoms with van der Waals surface area (Å²) in [6.45, 7) is 6.38. The quantitative estimate of drug-likeness (QED) is 0.858. The van der Waals surface area contributed by atoms with Gasteiger partial charge < -0.3 is 10.6 Å². The van der Waals surface area contributed by atoms with Gasteiger partial charge >= 0.3 is 0 Å². The Hall–Kier alpha value is -1.13. The van der Waals surface area contributed by atoms with Crippen LogP contribution in [-0.4, -0.2) is 24.1 Å². The fourth-order valence-electron chi connectivity index (χ4n) is 2.47. The molecule has 4 heteroatoms. The average molecular weight is 261 g/mol. The lowest BCUT2D eigenvalue weighted by Crippen LogP contribution is -2.39. The number of aromatic nitrogens is 1. The first-order valence-corrected chi connectivity index (χ1v) is 7.34. The number of rotatable bonds is 1. The molecule has 0 atom stereocenters. The van der Waals surface area contributed by atoms with Crippen molar-refractivity contribution in [2.45, 2.75) is 32.7 Å². The Kier molecular flexibility index (Phi) is 2.99. The summed E-state index contributed by atoms with van der Waals surface area (Å²) in [6, 6.07) is 4.72. The van der Waals surface area contributed by atoms with Crippen LogP contribution in [0.1, 0.15) is 24.0 Å². The first-order chi connectivity index (χ1) is 8.65. The number of aryl methyl sites for hydroxylation is 2. The van der Waals surface area contributed by atoms with Gasteiger partial charge in [-0.1, -0.05) is 23.5 Å². The molecule has 1 saturated heterocycles. The first-order valence-electron chi connectivity index (χ1n) is 6.52. The van der Waals surface area contributed by atoms with E-state index < -0.39 is 0 Å². The van der Waals surface area contributed by atoms with Crippen molar-refractivity contribution < 1.29 is 0 Å². The maximum atomic E-state index is 5.95. The van der Waals surface area contributed by atoms with Gasteiger partial charge in [0.1, 0.15) is 0 Å². The summed E-state index contributed by atoms with van der Waals surface area (Å²) < 4.78 is 1.33. The van der Waals surface area contributed by atoms with Crippen molar-refractivity contribution in [1.82, 2.24) is 4.98 Å². The van der Waals surface area contributed by atoms with E-state index in [0.717, 1.165) is 31.1 Å². The third-order valence-electron chi connectivity index (χ3n) is 3.74. The number of anilines is 1. The van der Waals surface area contributed by atoms with Crippen LogP contribution in [0.3, 0.4) is 0 Å². The molecule has 18 heavy (non-hydrogen) atoms. The Balaban J connectivity index is 1.98. The highest BCUT2D eigenvalue weighted by atomic mass is 32.1. The van der Waals surface area contributed by atoms with Gasteiger partial charge in [-0.05, 0) is 37.8 Å². The van der Waals surface area contributed by atoms with Gasteiger partial charge in [-0.15, -0.1) is 0 Å². The number of hydrogen-bond donors (Lipinski definition) is 1. The van der Waals surface area contributed by atoms with Crippen molar-refractivity contribution >= 4 is 26.7 Å². The Labute approximate surface area is 112 Å². The van der Waals surface area contributed by atoms with Crippen molar-refractivity contribution in [3.05, 3.63) is 23.3 Å². The molecule has 2 aromatic rings. The molecule has 2 N–H and O–H groups in total. The van der Waals surface area contributed by atoms with E-state index in [0.29, 0.717) is 6.04 Å². The van der Waals surface area contributed by atoms with Crippen LogP contribution in [0.2, 0.25) is 0 Å². The van der Waals surface area contributed by atoms with Gasteiger partial charge in [-0.3, -0.25) is 0 Å². The molecule has 0 amide bonds. The predicted octanol–water partition coefficient (Wildman–Crippen LogP) is 2.84. The van der Waals surface area contributed by atoms with Crippen molar-refractivity contribution in [1.29, 1.82) is 0 Å². The molecule has 2 heterocycles. The van der Waals surface area contributed by atoms with Gasteiger partial charge in [0, 0.05) is 19.1 Å². The Morgan fingerprint density at radius 2 is 1.89 bits per heavy atom. The molecule has 1 aromatic heterocycles. The van der Waals surface area contributed by atoms with Gasteiger partial charge in [0.2, 0.25) is 0 Å². The number of piperidine rings is 1. The number of benzene rings is 1. The van der Waals surface area contributed by atoms with Crippen LogP contribution in [0.25, 0.3) is 10.2 Å². The third kappa shape index (κ3) is 1.99. The number of hydrogen-bond acceptors (Lipinski definition) is 4. The molecule has 0 aliphatic carbocycles. The smallest absolute Gasteiger partial charge is 0.186 e. The topological polar surface area (TPSA) is 42.1 Å². The second kappa shape index (κ2) is 4.52. The summed E-state index contributed by atoms with van der Waals surface area (Å²) in [5.41, 5.74) is 9.72. The fraction of sp³-hybridized carbons (Fsp3) is 0.500. The van der Waals surface area contributed by atoms with E-state index in [1.165, 1.54) is 21.3 Å². The second-order valence-electron chi connectivity index (χ2n) is 5.20. The van der Waals surface area contributed by atoms with Crippen molar-refractivity contribution in [3.8, 4) is 0 Å². The van der Waals surface area contributed by atoms with E-state index in [1.54, 1.807) is 0 Å². The summed E-state index contributed by atoms with van der Waals surface area (Å²) in [4.78, 5) is 7.21. The molecule has 0 unspecified atom stereocenters. The zero-order chi connectivity index (χ0) is 12.7. The molecular formula is C14H19N3S. The Bertz CT molecular complexity index is 529. The molecule has 0 bridgehead atoms. The van der Waals surface area contributed by atoms with Crippen LogP contribution in [0, 0.1) is 13.8 Å². The summed E-state index contributed by atoms with van der Waals surface area (Å²) in [6.07, 6.45) is 2.15. The molecule has 96 valence electrons. The molecule has 0 radical (unpaired) electrons. The molecule has 3 nitrogen and oxygen atoms in total. The number of nitrogens with zero attached hydrogens (tertiary/aromatic N) is 2. The maximum Gasteiger partial charge on any atom is 0.186 e. The van der Waals surface area contributed by atoms with Gasteiger partial charge in [0.15, 0.2) is 5.13 Å². The van der Waals surface area contributed by atoms with E-state index >= 15 is 0 Å². The molecule has 1 aromatic carbocycles. The average Bonchev–Trinajstić information content (AvgIpc) is 2.81. The van der Waals surface area contributed by atoms with Crippen LogP contribution < -0.4 is 10.6 Å². The van der Waals surface area contributed by atoms with Gasteiger partial charge in [-0.25, -0.2) is 4.98 Å². The number of nitrogens with two attached hydrogens (primary N) is 1. The molecule has 3 rings (SSSR count). The van der Waals surface area contributed by atoms with Gasteiger partial charge in [0.25, 0.3) is 0 Å². The molecule has 1 aliphatic heterocycles. The number of fused-ring (bicyclic) bond motifs is 1. The Morgan fingerprint density at radius 3 is 2.56 bits per heavy atom.